The summed E-state index contributed by atoms with van der Waals surface area (Å²) in [6.45, 7) is 0. The second kappa shape index (κ2) is 3.95. The highest BCUT2D eigenvalue weighted by molar-refractivity contribution is 5.97. The van der Waals surface area contributed by atoms with Crippen LogP contribution in [0.15, 0.2) is 67.0 Å². The summed E-state index contributed by atoms with van der Waals surface area (Å²) in [5.41, 5.74) is 4.54. The van der Waals surface area contributed by atoms with Crippen molar-refractivity contribution in [3.05, 3.63) is 67.0 Å². The van der Waals surface area contributed by atoms with E-state index in [-0.39, 0.29) is 0 Å². The highest BCUT2D eigenvalue weighted by Gasteiger charge is 2.06. The van der Waals surface area contributed by atoms with Gasteiger partial charge in [-0.3, -0.25) is 4.98 Å². The number of pyridine rings is 1. The van der Waals surface area contributed by atoms with Gasteiger partial charge in [-0.15, -0.1) is 0 Å². The molecule has 2 aromatic heterocycles. The van der Waals surface area contributed by atoms with Crippen molar-refractivity contribution in [3.8, 4) is 11.1 Å². The number of hydrogen-bond acceptors (Lipinski definition) is 1. The molecule has 0 unspecified atom stereocenters. The molecule has 0 bridgehead atoms. The van der Waals surface area contributed by atoms with Crippen LogP contribution in [0.3, 0.4) is 0 Å². The predicted molar refractivity (Wildman–Crippen MR) is 79.0 cm³/mol. The van der Waals surface area contributed by atoms with E-state index in [1.807, 2.05) is 30.5 Å². The van der Waals surface area contributed by atoms with E-state index in [2.05, 4.69) is 46.5 Å². The minimum Gasteiger partial charge on any atom is -0.361 e. The highest BCUT2D eigenvalue weighted by atomic mass is 14.7. The van der Waals surface area contributed by atoms with Crippen LogP contribution in [0.4, 0.5) is 0 Å². The molecule has 0 aliphatic rings. The first-order valence-electron chi connectivity index (χ1n) is 6.33. The van der Waals surface area contributed by atoms with Crippen molar-refractivity contribution < 1.29 is 0 Å². The minimum atomic E-state index is 1.03. The molecule has 0 atom stereocenters. The monoisotopic (exact) mass is 244 g/mol. The molecule has 0 spiro atoms. The van der Waals surface area contributed by atoms with E-state index >= 15 is 0 Å². The van der Waals surface area contributed by atoms with Gasteiger partial charge in [0, 0.05) is 39.8 Å². The third-order valence-corrected chi connectivity index (χ3v) is 3.49. The first kappa shape index (κ1) is 10.3. The zero-order chi connectivity index (χ0) is 12.7. The van der Waals surface area contributed by atoms with E-state index < -0.39 is 0 Å². The quantitative estimate of drug-likeness (QED) is 0.528. The molecule has 0 aliphatic heterocycles. The van der Waals surface area contributed by atoms with E-state index in [0.717, 1.165) is 16.6 Å². The topological polar surface area (TPSA) is 28.7 Å². The fourth-order valence-electron chi connectivity index (χ4n) is 2.53. The zero-order valence-corrected chi connectivity index (χ0v) is 10.3. The van der Waals surface area contributed by atoms with Crippen LogP contribution in [0.1, 0.15) is 0 Å². The van der Waals surface area contributed by atoms with E-state index in [9.17, 15) is 0 Å². The second-order valence-electron chi connectivity index (χ2n) is 4.66. The lowest BCUT2D eigenvalue weighted by Gasteiger charge is -2.02. The van der Waals surface area contributed by atoms with Crippen LogP contribution in [0, 0.1) is 0 Å². The molecule has 4 aromatic rings. The predicted octanol–water partition coefficient (Wildman–Crippen LogP) is 4.38. The maximum atomic E-state index is 4.53. The lowest BCUT2D eigenvalue weighted by atomic mass is 10.0. The molecule has 0 amide bonds. The van der Waals surface area contributed by atoms with Gasteiger partial charge >= 0.3 is 0 Å². The van der Waals surface area contributed by atoms with Gasteiger partial charge in [0.1, 0.15) is 0 Å². The van der Waals surface area contributed by atoms with Gasteiger partial charge in [0.2, 0.25) is 0 Å². The van der Waals surface area contributed by atoms with Gasteiger partial charge in [0.05, 0.1) is 5.52 Å². The van der Waals surface area contributed by atoms with Gasteiger partial charge in [0.25, 0.3) is 0 Å². The number of rotatable bonds is 1. The van der Waals surface area contributed by atoms with Crippen molar-refractivity contribution in [1.29, 1.82) is 0 Å². The molecular weight excluding hydrogens is 232 g/mol. The molecule has 0 fully saturated rings. The van der Waals surface area contributed by atoms with Crippen molar-refractivity contribution in [3.63, 3.8) is 0 Å². The zero-order valence-electron chi connectivity index (χ0n) is 10.3. The van der Waals surface area contributed by atoms with Crippen LogP contribution >= 0.6 is 0 Å². The first-order valence-corrected chi connectivity index (χ1v) is 6.33. The standard InChI is InChI=1S/C17H12N2/c1-3-7-16-12(5-1)9-13(10-18-16)15-11-19-17-8-4-2-6-14(15)17/h1-11,19H. The molecule has 2 aromatic carbocycles. The number of para-hydroxylation sites is 2. The van der Waals surface area contributed by atoms with Gasteiger partial charge in [-0.05, 0) is 18.2 Å². The molecule has 0 saturated carbocycles. The Morgan fingerprint density at radius 1 is 0.895 bits per heavy atom. The number of nitrogens with zero attached hydrogens (tertiary/aromatic N) is 1. The maximum absolute atomic E-state index is 4.53. The third kappa shape index (κ3) is 1.61. The normalized spacial score (nSPS) is 11.2. The second-order valence-corrected chi connectivity index (χ2v) is 4.66. The Morgan fingerprint density at radius 3 is 2.74 bits per heavy atom. The summed E-state index contributed by atoms with van der Waals surface area (Å²) in [5.74, 6) is 0. The molecule has 1 N–H and O–H groups in total. The molecule has 90 valence electrons. The fourth-order valence-corrected chi connectivity index (χ4v) is 2.53. The highest BCUT2D eigenvalue weighted by Crippen LogP contribution is 2.29. The average Bonchev–Trinajstić information content (AvgIpc) is 2.91. The fraction of sp³-hybridized carbons (Fsp3) is 0. The van der Waals surface area contributed by atoms with Crippen LogP contribution in [0.5, 0.6) is 0 Å². The van der Waals surface area contributed by atoms with Crippen molar-refractivity contribution in [2.45, 2.75) is 0 Å². The largest absolute Gasteiger partial charge is 0.361 e. The summed E-state index contributed by atoms with van der Waals surface area (Å²) in [6, 6.07) is 18.7. The number of aromatic nitrogens is 2. The molecule has 2 heteroatoms. The Balaban J connectivity index is 1.99. The summed E-state index contributed by atoms with van der Waals surface area (Å²) >= 11 is 0. The molecule has 4 rings (SSSR count). The van der Waals surface area contributed by atoms with Crippen molar-refractivity contribution >= 4 is 21.8 Å². The lowest BCUT2D eigenvalue weighted by Crippen LogP contribution is -1.81. The Hall–Kier alpha value is -2.61. The van der Waals surface area contributed by atoms with Gasteiger partial charge < -0.3 is 4.98 Å². The molecule has 19 heavy (non-hydrogen) atoms. The Labute approximate surface area is 110 Å². The molecule has 0 saturated heterocycles. The van der Waals surface area contributed by atoms with Crippen LogP contribution in [-0.2, 0) is 0 Å². The molecule has 2 nitrogen and oxygen atoms in total. The Kier molecular flexibility index (Phi) is 2.15. The van der Waals surface area contributed by atoms with Gasteiger partial charge in [-0.25, -0.2) is 0 Å². The summed E-state index contributed by atoms with van der Waals surface area (Å²) < 4.78 is 0. The van der Waals surface area contributed by atoms with E-state index in [4.69, 9.17) is 0 Å². The number of fused-ring (bicyclic) bond motifs is 2. The number of benzene rings is 2. The van der Waals surface area contributed by atoms with Crippen molar-refractivity contribution in [2.24, 2.45) is 0 Å². The Morgan fingerprint density at radius 2 is 1.74 bits per heavy atom. The number of nitrogens with one attached hydrogen (secondary N) is 1. The van der Waals surface area contributed by atoms with Crippen LogP contribution in [0.2, 0.25) is 0 Å². The van der Waals surface area contributed by atoms with Crippen LogP contribution in [0.25, 0.3) is 32.9 Å². The van der Waals surface area contributed by atoms with Crippen molar-refractivity contribution in [2.75, 3.05) is 0 Å². The molecule has 0 radical (unpaired) electrons. The summed E-state index contributed by atoms with van der Waals surface area (Å²) in [4.78, 5) is 7.84. The van der Waals surface area contributed by atoms with Crippen LogP contribution < -0.4 is 0 Å². The number of H-pyrrole nitrogens is 1. The SMILES string of the molecule is c1ccc2ncc(-c3c[nH]c4ccccc34)cc2c1. The molecule has 2 heterocycles. The molecular formula is C17H12N2. The van der Waals surface area contributed by atoms with Gasteiger partial charge in [0.15, 0.2) is 0 Å². The summed E-state index contributed by atoms with van der Waals surface area (Å²) in [5, 5.41) is 2.41. The van der Waals surface area contributed by atoms with Crippen LogP contribution in [-0.4, -0.2) is 9.97 Å². The average molecular weight is 244 g/mol. The van der Waals surface area contributed by atoms with Gasteiger partial charge in [-0.1, -0.05) is 36.4 Å². The molecule has 0 aliphatic carbocycles. The third-order valence-electron chi connectivity index (χ3n) is 3.49. The maximum Gasteiger partial charge on any atom is 0.0702 e. The van der Waals surface area contributed by atoms with E-state index in [1.165, 1.54) is 16.3 Å². The summed E-state index contributed by atoms with van der Waals surface area (Å²) in [6.07, 6.45) is 3.99. The minimum absolute atomic E-state index is 1.03. The Bertz CT molecular complexity index is 874. The summed E-state index contributed by atoms with van der Waals surface area (Å²) in [7, 11) is 0. The number of aromatic amines is 1. The lowest BCUT2D eigenvalue weighted by molar-refractivity contribution is 1.41. The number of hydrogen-bond donors (Lipinski definition) is 1. The first-order chi connectivity index (χ1) is 9.42. The van der Waals surface area contributed by atoms with E-state index in [1.54, 1.807) is 0 Å². The van der Waals surface area contributed by atoms with Gasteiger partial charge in [-0.2, -0.15) is 0 Å². The van der Waals surface area contributed by atoms with E-state index in [0.29, 0.717) is 0 Å². The van der Waals surface area contributed by atoms with Crippen molar-refractivity contribution in [1.82, 2.24) is 9.97 Å². The smallest absolute Gasteiger partial charge is 0.0702 e.